The zero-order valence-corrected chi connectivity index (χ0v) is 61.3. The molecule has 16 aromatic carbocycles. The summed E-state index contributed by atoms with van der Waals surface area (Å²) in [5.41, 5.74) is 24.6. The molecule has 0 fully saturated rings. The summed E-state index contributed by atoms with van der Waals surface area (Å²) in [6.07, 6.45) is 0. The molecule has 0 atom stereocenters. The molecular formula is C103H63N11. The van der Waals surface area contributed by atoms with Crippen molar-refractivity contribution in [3.8, 4) is 91.1 Å². The Morgan fingerprint density at radius 2 is 0.430 bits per heavy atom. The zero-order valence-electron chi connectivity index (χ0n) is 61.3. The van der Waals surface area contributed by atoms with E-state index in [4.69, 9.17) is 24.9 Å². The molecule has 0 saturated heterocycles. The van der Waals surface area contributed by atoms with Crippen LogP contribution < -0.4 is 0 Å². The van der Waals surface area contributed by atoms with E-state index in [-0.39, 0.29) is 0 Å². The molecule has 0 bridgehead atoms. The lowest BCUT2D eigenvalue weighted by Gasteiger charge is -2.18. The Bertz CT molecular complexity index is 7950. The molecule has 8 heterocycles. The van der Waals surface area contributed by atoms with Crippen molar-refractivity contribution in [2.24, 2.45) is 0 Å². The average molecular weight is 1450 g/mol. The molecule has 0 amide bonds. The molecule has 11 nitrogen and oxygen atoms in total. The van der Waals surface area contributed by atoms with Crippen LogP contribution in [-0.2, 0) is 0 Å². The van der Waals surface area contributed by atoms with Gasteiger partial charge in [0.25, 0.3) is 0 Å². The maximum atomic E-state index is 5.85. The van der Waals surface area contributed by atoms with Crippen molar-refractivity contribution < 1.29 is 0 Å². The topological polar surface area (TPSA) is 94.0 Å². The van der Waals surface area contributed by atoms with Crippen LogP contribution in [0, 0.1) is 0 Å². The number of hydrogen-bond donors (Lipinski definition) is 0. The normalized spacial score (nSPS) is 12.0. The van der Waals surface area contributed by atoms with Crippen molar-refractivity contribution in [3.05, 3.63) is 382 Å². The van der Waals surface area contributed by atoms with Gasteiger partial charge in [0.15, 0.2) is 5.82 Å². The van der Waals surface area contributed by atoms with E-state index in [1.165, 1.54) is 37.8 Å². The molecule has 530 valence electrons. The Morgan fingerprint density at radius 1 is 0.149 bits per heavy atom. The van der Waals surface area contributed by atoms with E-state index < -0.39 is 0 Å². The van der Waals surface area contributed by atoms with Gasteiger partial charge in [-0.2, -0.15) is 15.0 Å². The van der Waals surface area contributed by atoms with Gasteiger partial charge in [-0.05, 0) is 144 Å². The van der Waals surface area contributed by atoms with Crippen LogP contribution in [0.3, 0.4) is 0 Å². The van der Waals surface area contributed by atoms with E-state index in [0.717, 1.165) is 160 Å². The predicted octanol–water partition coefficient (Wildman–Crippen LogP) is 25.6. The summed E-state index contributed by atoms with van der Waals surface area (Å²) in [6, 6.07) is 137. The summed E-state index contributed by atoms with van der Waals surface area (Å²) in [5.74, 6) is 2.06. The van der Waals surface area contributed by atoms with Crippen LogP contribution in [0.15, 0.2) is 382 Å². The summed E-state index contributed by atoms with van der Waals surface area (Å²) in [4.78, 5) is 28.1. The van der Waals surface area contributed by atoms with E-state index in [1.807, 2.05) is 12.1 Å². The van der Waals surface area contributed by atoms with Gasteiger partial charge in [-0.3, -0.25) is 13.7 Å². The highest BCUT2D eigenvalue weighted by Gasteiger charge is 2.28. The largest absolute Gasteiger partial charge is 0.309 e. The first kappa shape index (κ1) is 63.3. The third kappa shape index (κ3) is 9.66. The van der Waals surface area contributed by atoms with Gasteiger partial charge < -0.3 is 13.7 Å². The van der Waals surface area contributed by atoms with E-state index in [2.05, 4.69) is 397 Å². The molecule has 0 aliphatic rings. The minimum Gasteiger partial charge on any atom is -0.309 e. The van der Waals surface area contributed by atoms with Gasteiger partial charge in [-0.25, -0.2) is 9.97 Å². The van der Waals surface area contributed by atoms with Gasteiger partial charge >= 0.3 is 0 Å². The fourth-order valence-corrected chi connectivity index (χ4v) is 18.2. The lowest BCUT2D eigenvalue weighted by atomic mass is 10.0. The smallest absolute Gasteiger partial charge is 0.240 e. The first-order valence-corrected chi connectivity index (χ1v) is 38.6. The Kier molecular flexibility index (Phi) is 13.9. The maximum Gasteiger partial charge on any atom is 0.240 e. The molecule has 8 aromatic heterocycles. The van der Waals surface area contributed by atoms with Crippen molar-refractivity contribution in [2.45, 2.75) is 0 Å². The predicted molar refractivity (Wildman–Crippen MR) is 469 cm³/mol. The van der Waals surface area contributed by atoms with Crippen LogP contribution in [0.1, 0.15) is 0 Å². The van der Waals surface area contributed by atoms with Crippen LogP contribution in [0.5, 0.6) is 0 Å². The van der Waals surface area contributed by atoms with Crippen molar-refractivity contribution in [2.75, 3.05) is 0 Å². The molecule has 0 spiro atoms. The maximum absolute atomic E-state index is 5.85. The number of nitrogens with zero attached hydrogens (tertiary/aromatic N) is 11. The van der Waals surface area contributed by atoms with Gasteiger partial charge in [0.2, 0.25) is 17.8 Å². The number of para-hydroxylation sites is 9. The minimum atomic E-state index is 0.470. The standard InChI is InChI=1S/C103H63N11/c1-4-27-64(28-5-1)84-62-85(65-29-6-2-7-30-65)105-101(104-84)112-91-48-23-15-40-77(91)81-58-67(52-55-95(81)112)66-31-26-32-70(57-66)100-106-102(113-92-49-24-16-41-78(92)82-60-69(53-56-96(82)113)68-51-54-94-80(59-68)76-39-14-18-43-86(76)109(94)71-33-8-3-9-34-71)108-103(107-100)114-93-50-25-17-42-79(93)83-61-98(110-87-44-19-10-35-72(87)73-36-11-20-45-88(73)110)99(63-97(83)114)111-89-46-21-12-37-74(89)75-38-13-22-47-90(75)111/h1-63H. The lowest BCUT2D eigenvalue weighted by molar-refractivity contribution is 0.892. The number of aromatic nitrogens is 11. The molecule has 0 aliphatic carbocycles. The second-order valence-corrected chi connectivity index (χ2v) is 29.5. The van der Waals surface area contributed by atoms with Crippen LogP contribution in [0.2, 0.25) is 0 Å². The SMILES string of the molecule is c1ccc(-c2cc(-c3ccccc3)nc(-n3c4ccccc4c4cc(-c5cccc(-c6nc(-n7c8ccccc8c8cc(-c9ccc%10c(c9)c9ccccc9n%10-c9ccccc9)ccc87)nc(-n7c8ccccc8c8cc(-n9c%10ccccc%10c%10ccccc%109)c(-n9c%10ccccc%10c%10ccccc%109)cc87)n6)c5)ccc43)n2)cc1. The van der Waals surface area contributed by atoms with E-state index in [0.29, 0.717) is 23.7 Å². The minimum absolute atomic E-state index is 0.470. The monoisotopic (exact) mass is 1450 g/mol. The Balaban J connectivity index is 0.733. The first-order valence-electron chi connectivity index (χ1n) is 38.6. The summed E-state index contributed by atoms with van der Waals surface area (Å²) >= 11 is 0. The van der Waals surface area contributed by atoms with E-state index >= 15 is 0 Å². The molecule has 24 rings (SSSR count). The molecule has 0 aliphatic heterocycles. The Morgan fingerprint density at radius 3 is 0.842 bits per heavy atom. The quantitative estimate of drug-likeness (QED) is 0.129. The number of hydrogen-bond acceptors (Lipinski definition) is 5. The molecule has 114 heavy (non-hydrogen) atoms. The fraction of sp³-hybridized carbons (Fsp3) is 0. The molecular weight excluding hydrogens is 1390 g/mol. The molecule has 24 aromatic rings. The molecule has 0 saturated carbocycles. The highest BCUT2D eigenvalue weighted by molar-refractivity contribution is 6.17. The van der Waals surface area contributed by atoms with Crippen molar-refractivity contribution in [3.63, 3.8) is 0 Å². The van der Waals surface area contributed by atoms with Crippen LogP contribution in [0.25, 0.3) is 222 Å². The number of fused-ring (bicyclic) bond motifs is 18. The highest BCUT2D eigenvalue weighted by atomic mass is 15.3. The average Bonchev–Trinajstić information content (AvgIpc) is 1.55. The second-order valence-electron chi connectivity index (χ2n) is 29.5. The van der Waals surface area contributed by atoms with Gasteiger partial charge in [0, 0.05) is 87.0 Å². The van der Waals surface area contributed by atoms with Crippen LogP contribution >= 0.6 is 0 Å². The summed E-state index contributed by atoms with van der Waals surface area (Å²) in [6.45, 7) is 0. The van der Waals surface area contributed by atoms with Gasteiger partial charge in [-0.15, -0.1) is 0 Å². The van der Waals surface area contributed by atoms with Crippen molar-refractivity contribution in [1.29, 1.82) is 0 Å². The molecule has 11 heteroatoms. The first-order chi connectivity index (χ1) is 56.5. The van der Waals surface area contributed by atoms with Crippen LogP contribution in [-0.4, -0.2) is 52.3 Å². The van der Waals surface area contributed by atoms with Gasteiger partial charge in [0.05, 0.1) is 89.0 Å². The number of benzene rings is 16. The van der Waals surface area contributed by atoms with E-state index in [1.54, 1.807) is 0 Å². The van der Waals surface area contributed by atoms with Crippen LogP contribution in [0.4, 0.5) is 0 Å². The zero-order chi connectivity index (χ0) is 74.6. The summed E-state index contributed by atoms with van der Waals surface area (Å²) < 4.78 is 14.0. The Labute approximate surface area is 652 Å². The fourth-order valence-electron chi connectivity index (χ4n) is 18.2. The van der Waals surface area contributed by atoms with Crippen molar-refractivity contribution in [1.82, 2.24) is 52.3 Å². The van der Waals surface area contributed by atoms with Gasteiger partial charge in [-0.1, -0.05) is 261 Å². The number of rotatable bonds is 11. The summed E-state index contributed by atoms with van der Waals surface area (Å²) in [7, 11) is 0. The summed E-state index contributed by atoms with van der Waals surface area (Å²) in [5, 5.41) is 13.6. The highest BCUT2D eigenvalue weighted by Crippen LogP contribution is 2.46. The molecule has 0 N–H and O–H groups in total. The molecule has 0 unspecified atom stereocenters. The second kappa shape index (κ2) is 25.0. The van der Waals surface area contributed by atoms with E-state index in [9.17, 15) is 0 Å². The van der Waals surface area contributed by atoms with Gasteiger partial charge in [0.1, 0.15) is 0 Å². The van der Waals surface area contributed by atoms with Crippen molar-refractivity contribution >= 4 is 131 Å². The Hall–Kier alpha value is -15.6. The third-order valence-electron chi connectivity index (χ3n) is 23.3. The third-order valence-corrected chi connectivity index (χ3v) is 23.3. The molecule has 0 radical (unpaired) electrons. The lowest BCUT2D eigenvalue weighted by Crippen LogP contribution is -2.10.